The minimum absolute atomic E-state index is 0.124. The van der Waals surface area contributed by atoms with Crippen LogP contribution in [-0.4, -0.2) is 19.1 Å². The number of nitrogen functional groups attached to an aromatic ring is 1. The fraction of sp³-hybridized carbons (Fsp3) is 0.133. The first-order chi connectivity index (χ1) is 9.68. The molecule has 4 nitrogen and oxygen atoms in total. The average molecular weight is 272 g/mol. The third kappa shape index (κ3) is 1.97. The van der Waals surface area contributed by atoms with Crippen LogP contribution in [0, 0.1) is 5.82 Å². The molecular formula is C15H13FN2O2. The molecule has 3 rings (SSSR count). The van der Waals surface area contributed by atoms with E-state index in [1.54, 1.807) is 17.0 Å². The lowest BCUT2D eigenvalue weighted by atomic mass is 10.1. The molecule has 0 radical (unpaired) electrons. The number of nitrogens with two attached hydrogens (primary N) is 1. The Morgan fingerprint density at radius 2 is 2.00 bits per heavy atom. The van der Waals surface area contributed by atoms with Crippen LogP contribution in [0.4, 0.5) is 15.8 Å². The van der Waals surface area contributed by atoms with E-state index in [2.05, 4.69) is 0 Å². The molecule has 1 amide bonds. The standard InChI is InChI=1S/C15H13FN2O2/c16-11-5-3-4-10(14(11)17)15(19)18-8-9-20-13-7-2-1-6-12(13)18/h1-7H,8-9,17H2. The van der Waals surface area contributed by atoms with Crippen molar-refractivity contribution in [3.63, 3.8) is 0 Å². The van der Waals surface area contributed by atoms with Gasteiger partial charge in [0.1, 0.15) is 18.2 Å². The molecule has 5 heteroatoms. The lowest BCUT2D eigenvalue weighted by molar-refractivity contribution is 0.0977. The summed E-state index contributed by atoms with van der Waals surface area (Å²) in [6.45, 7) is 0.809. The van der Waals surface area contributed by atoms with Crippen LogP contribution in [0.1, 0.15) is 10.4 Å². The molecule has 0 unspecified atom stereocenters. The largest absolute Gasteiger partial charge is 0.490 e. The van der Waals surface area contributed by atoms with E-state index < -0.39 is 5.82 Å². The third-order valence-electron chi connectivity index (χ3n) is 3.26. The highest BCUT2D eigenvalue weighted by Crippen LogP contribution is 2.32. The van der Waals surface area contributed by atoms with Crippen LogP contribution >= 0.6 is 0 Å². The van der Waals surface area contributed by atoms with Gasteiger partial charge in [0.2, 0.25) is 0 Å². The molecule has 0 fully saturated rings. The Balaban J connectivity index is 2.02. The monoisotopic (exact) mass is 272 g/mol. The van der Waals surface area contributed by atoms with Crippen molar-refractivity contribution >= 4 is 17.3 Å². The van der Waals surface area contributed by atoms with Gasteiger partial charge in [-0.1, -0.05) is 18.2 Å². The van der Waals surface area contributed by atoms with Crippen molar-refractivity contribution in [3.05, 3.63) is 53.8 Å². The Hall–Kier alpha value is -2.56. The van der Waals surface area contributed by atoms with Gasteiger partial charge in [-0.05, 0) is 24.3 Å². The molecule has 0 bridgehead atoms. The fourth-order valence-electron chi connectivity index (χ4n) is 2.25. The summed E-state index contributed by atoms with van der Waals surface area (Å²) in [5.74, 6) is -0.266. The van der Waals surface area contributed by atoms with Gasteiger partial charge >= 0.3 is 0 Å². The van der Waals surface area contributed by atoms with Gasteiger partial charge in [0.05, 0.1) is 23.5 Å². The number of fused-ring (bicyclic) bond motifs is 1. The molecule has 0 spiro atoms. The zero-order valence-electron chi connectivity index (χ0n) is 10.7. The van der Waals surface area contributed by atoms with E-state index in [0.29, 0.717) is 24.6 Å². The number of hydrogen-bond donors (Lipinski definition) is 1. The summed E-state index contributed by atoms with van der Waals surface area (Å²) in [6, 6.07) is 11.5. The average Bonchev–Trinajstić information content (AvgIpc) is 2.49. The van der Waals surface area contributed by atoms with E-state index in [-0.39, 0.29) is 17.2 Å². The highest BCUT2D eigenvalue weighted by atomic mass is 19.1. The molecule has 0 saturated carbocycles. The maximum absolute atomic E-state index is 13.5. The number of para-hydroxylation sites is 3. The smallest absolute Gasteiger partial charge is 0.260 e. The van der Waals surface area contributed by atoms with E-state index >= 15 is 0 Å². The van der Waals surface area contributed by atoms with Gasteiger partial charge in [0.15, 0.2) is 0 Å². The second-order valence-corrected chi connectivity index (χ2v) is 4.47. The Morgan fingerprint density at radius 1 is 1.20 bits per heavy atom. The minimum Gasteiger partial charge on any atom is -0.490 e. The number of hydrogen-bond acceptors (Lipinski definition) is 3. The first kappa shape index (κ1) is 12.5. The molecule has 0 aliphatic carbocycles. The molecule has 102 valence electrons. The van der Waals surface area contributed by atoms with E-state index in [0.717, 1.165) is 0 Å². The number of halogens is 1. The topological polar surface area (TPSA) is 55.6 Å². The summed E-state index contributed by atoms with van der Waals surface area (Å²) < 4.78 is 19.0. The predicted octanol–water partition coefficient (Wildman–Crippen LogP) is 2.45. The van der Waals surface area contributed by atoms with E-state index in [4.69, 9.17) is 10.5 Å². The lowest BCUT2D eigenvalue weighted by Gasteiger charge is -2.29. The maximum Gasteiger partial charge on any atom is 0.260 e. The summed E-state index contributed by atoms with van der Waals surface area (Å²) in [6.07, 6.45) is 0. The summed E-state index contributed by atoms with van der Waals surface area (Å²) in [5, 5.41) is 0. The Kier molecular flexibility index (Phi) is 3.02. The van der Waals surface area contributed by atoms with Crippen LogP contribution in [0.25, 0.3) is 0 Å². The summed E-state index contributed by atoms with van der Waals surface area (Å²) in [4.78, 5) is 14.1. The number of ether oxygens (including phenoxy) is 1. The lowest BCUT2D eigenvalue weighted by Crippen LogP contribution is -2.38. The van der Waals surface area contributed by atoms with Crippen LogP contribution in [-0.2, 0) is 0 Å². The Morgan fingerprint density at radius 3 is 2.85 bits per heavy atom. The van der Waals surface area contributed by atoms with Crippen LogP contribution in [0.2, 0.25) is 0 Å². The zero-order chi connectivity index (χ0) is 14.1. The second-order valence-electron chi connectivity index (χ2n) is 4.47. The van der Waals surface area contributed by atoms with Crippen molar-refractivity contribution in [2.45, 2.75) is 0 Å². The first-order valence-corrected chi connectivity index (χ1v) is 6.26. The molecule has 2 aromatic rings. The molecular weight excluding hydrogens is 259 g/mol. The molecule has 1 aliphatic heterocycles. The molecule has 2 aromatic carbocycles. The Bertz CT molecular complexity index is 673. The number of amides is 1. The van der Waals surface area contributed by atoms with Crippen LogP contribution in [0.15, 0.2) is 42.5 Å². The van der Waals surface area contributed by atoms with Crippen LogP contribution in [0.5, 0.6) is 5.75 Å². The third-order valence-corrected chi connectivity index (χ3v) is 3.26. The summed E-state index contributed by atoms with van der Waals surface area (Å²) in [7, 11) is 0. The summed E-state index contributed by atoms with van der Waals surface area (Å²) >= 11 is 0. The number of carbonyl (C=O) groups is 1. The summed E-state index contributed by atoms with van der Waals surface area (Å²) in [5.41, 5.74) is 6.37. The quantitative estimate of drug-likeness (QED) is 0.811. The zero-order valence-corrected chi connectivity index (χ0v) is 10.7. The Labute approximate surface area is 115 Å². The van der Waals surface area contributed by atoms with Crippen molar-refractivity contribution in [2.75, 3.05) is 23.8 Å². The molecule has 0 aromatic heterocycles. The number of carbonyl (C=O) groups excluding carboxylic acids is 1. The molecule has 1 aliphatic rings. The van der Waals surface area contributed by atoms with Crippen LogP contribution in [0.3, 0.4) is 0 Å². The van der Waals surface area contributed by atoms with Crippen molar-refractivity contribution < 1.29 is 13.9 Å². The minimum atomic E-state index is -0.586. The molecule has 0 saturated heterocycles. The first-order valence-electron chi connectivity index (χ1n) is 6.26. The highest BCUT2D eigenvalue weighted by molar-refractivity contribution is 6.10. The van der Waals surface area contributed by atoms with Crippen molar-refractivity contribution in [3.8, 4) is 5.75 Å². The van der Waals surface area contributed by atoms with Gasteiger partial charge in [0, 0.05) is 0 Å². The van der Waals surface area contributed by atoms with Gasteiger partial charge in [-0.3, -0.25) is 4.79 Å². The van der Waals surface area contributed by atoms with Gasteiger partial charge in [-0.2, -0.15) is 0 Å². The second kappa shape index (κ2) is 4.85. The van der Waals surface area contributed by atoms with Gasteiger partial charge in [-0.15, -0.1) is 0 Å². The van der Waals surface area contributed by atoms with Crippen molar-refractivity contribution in [2.24, 2.45) is 0 Å². The molecule has 20 heavy (non-hydrogen) atoms. The van der Waals surface area contributed by atoms with Gasteiger partial charge in [-0.25, -0.2) is 4.39 Å². The maximum atomic E-state index is 13.5. The van der Waals surface area contributed by atoms with Gasteiger partial charge < -0.3 is 15.4 Å². The predicted molar refractivity (Wildman–Crippen MR) is 74.4 cm³/mol. The molecule has 0 atom stereocenters. The SMILES string of the molecule is Nc1c(F)cccc1C(=O)N1CCOc2ccccc21. The van der Waals surface area contributed by atoms with Crippen LogP contribution < -0.4 is 15.4 Å². The van der Waals surface area contributed by atoms with E-state index in [1.165, 1.54) is 18.2 Å². The molecule has 1 heterocycles. The highest BCUT2D eigenvalue weighted by Gasteiger charge is 2.26. The van der Waals surface area contributed by atoms with Crippen molar-refractivity contribution in [1.82, 2.24) is 0 Å². The number of rotatable bonds is 1. The van der Waals surface area contributed by atoms with Gasteiger partial charge in [0.25, 0.3) is 5.91 Å². The number of anilines is 2. The molecule has 2 N–H and O–H groups in total. The van der Waals surface area contributed by atoms with E-state index in [1.807, 2.05) is 12.1 Å². The fourth-order valence-corrected chi connectivity index (χ4v) is 2.25. The van der Waals surface area contributed by atoms with Crippen molar-refractivity contribution in [1.29, 1.82) is 0 Å². The number of benzene rings is 2. The number of nitrogens with zero attached hydrogens (tertiary/aromatic N) is 1. The normalized spacial score (nSPS) is 13.6. The van der Waals surface area contributed by atoms with E-state index in [9.17, 15) is 9.18 Å².